The van der Waals surface area contributed by atoms with Gasteiger partial charge in [-0.25, -0.2) is 0 Å². The molecule has 0 amide bonds. The number of guanidine groups is 1. The van der Waals surface area contributed by atoms with Crippen LogP contribution in [0.3, 0.4) is 0 Å². The average molecular weight is 474 g/mol. The Labute approximate surface area is 176 Å². The molecular weight excluding hydrogens is 439 g/mol. The molecule has 148 valence electrons. The van der Waals surface area contributed by atoms with Gasteiger partial charge < -0.3 is 15.4 Å². The summed E-state index contributed by atoms with van der Waals surface area (Å²) in [7, 11) is 1.70. The van der Waals surface area contributed by atoms with Crippen LogP contribution in [-0.4, -0.2) is 56.7 Å². The van der Waals surface area contributed by atoms with Crippen molar-refractivity contribution >= 4 is 29.9 Å². The van der Waals surface area contributed by atoms with Gasteiger partial charge in [0.1, 0.15) is 5.75 Å². The van der Waals surface area contributed by atoms with E-state index < -0.39 is 0 Å². The third kappa shape index (κ3) is 7.70. The maximum atomic E-state index is 5.20. The van der Waals surface area contributed by atoms with Crippen molar-refractivity contribution in [2.45, 2.75) is 45.6 Å². The van der Waals surface area contributed by atoms with E-state index in [9.17, 15) is 0 Å². The monoisotopic (exact) mass is 474 g/mol. The zero-order valence-electron chi connectivity index (χ0n) is 16.5. The van der Waals surface area contributed by atoms with E-state index in [0.717, 1.165) is 44.3 Å². The van der Waals surface area contributed by atoms with Gasteiger partial charge in [0.25, 0.3) is 0 Å². The number of hydrogen-bond donors (Lipinski definition) is 2. The quantitative estimate of drug-likeness (QED) is 0.345. The summed E-state index contributed by atoms with van der Waals surface area (Å²) in [5.41, 5.74) is 1.30. The number of methoxy groups -OCH3 is 1. The van der Waals surface area contributed by atoms with E-state index in [1.165, 1.54) is 31.4 Å². The summed E-state index contributed by atoms with van der Waals surface area (Å²) in [4.78, 5) is 7.39. The van der Waals surface area contributed by atoms with Crippen molar-refractivity contribution in [1.29, 1.82) is 0 Å². The van der Waals surface area contributed by atoms with Crippen molar-refractivity contribution in [3.8, 4) is 5.75 Å². The van der Waals surface area contributed by atoms with Crippen LogP contribution >= 0.6 is 24.0 Å². The molecule has 1 aromatic carbocycles. The van der Waals surface area contributed by atoms with Crippen molar-refractivity contribution in [2.75, 3.05) is 39.8 Å². The van der Waals surface area contributed by atoms with Gasteiger partial charge in [0.2, 0.25) is 0 Å². The number of halogens is 1. The first-order chi connectivity index (χ1) is 12.3. The van der Waals surface area contributed by atoms with Crippen LogP contribution < -0.4 is 15.4 Å². The van der Waals surface area contributed by atoms with E-state index in [2.05, 4.69) is 41.5 Å². The SMILES string of the molecule is CCNC(=NCC1CCCCN1CC)NCCc1ccc(OC)cc1.I. The summed E-state index contributed by atoms with van der Waals surface area (Å²) >= 11 is 0. The highest BCUT2D eigenvalue weighted by Crippen LogP contribution is 2.16. The second-order valence-corrected chi connectivity index (χ2v) is 6.52. The number of aliphatic imine (C=N–C) groups is 1. The number of benzene rings is 1. The van der Waals surface area contributed by atoms with Crippen LogP contribution in [0.5, 0.6) is 5.75 Å². The van der Waals surface area contributed by atoms with E-state index in [4.69, 9.17) is 9.73 Å². The third-order valence-corrected chi connectivity index (χ3v) is 4.82. The Morgan fingerprint density at radius 3 is 2.62 bits per heavy atom. The maximum absolute atomic E-state index is 5.20. The van der Waals surface area contributed by atoms with Crippen LogP contribution in [-0.2, 0) is 6.42 Å². The number of ether oxygens (including phenoxy) is 1. The molecule has 1 saturated heterocycles. The van der Waals surface area contributed by atoms with Crippen LogP contribution in [0.4, 0.5) is 0 Å². The van der Waals surface area contributed by atoms with Gasteiger partial charge >= 0.3 is 0 Å². The molecule has 0 aliphatic carbocycles. The largest absolute Gasteiger partial charge is 0.497 e. The van der Waals surface area contributed by atoms with Gasteiger partial charge in [-0.1, -0.05) is 25.5 Å². The number of nitrogens with one attached hydrogen (secondary N) is 2. The Morgan fingerprint density at radius 1 is 1.19 bits per heavy atom. The molecule has 2 N–H and O–H groups in total. The first-order valence-electron chi connectivity index (χ1n) is 9.66. The molecule has 5 nitrogen and oxygen atoms in total. The second-order valence-electron chi connectivity index (χ2n) is 6.52. The lowest BCUT2D eigenvalue weighted by Crippen LogP contribution is -2.43. The predicted octanol–water partition coefficient (Wildman–Crippen LogP) is 3.29. The van der Waals surface area contributed by atoms with Crippen LogP contribution in [0, 0.1) is 0 Å². The van der Waals surface area contributed by atoms with Gasteiger partial charge in [0.05, 0.1) is 13.7 Å². The highest BCUT2D eigenvalue weighted by molar-refractivity contribution is 14.0. The zero-order valence-corrected chi connectivity index (χ0v) is 18.8. The lowest BCUT2D eigenvalue weighted by atomic mass is 10.0. The number of likely N-dealkylation sites (N-methyl/N-ethyl adjacent to an activating group) is 1. The molecule has 0 saturated carbocycles. The molecule has 6 heteroatoms. The van der Waals surface area contributed by atoms with Crippen molar-refractivity contribution < 1.29 is 4.74 Å². The number of nitrogens with zero attached hydrogens (tertiary/aromatic N) is 2. The molecule has 1 atom stereocenters. The number of hydrogen-bond acceptors (Lipinski definition) is 3. The van der Waals surface area contributed by atoms with Gasteiger partial charge in [0.15, 0.2) is 5.96 Å². The van der Waals surface area contributed by atoms with Crippen molar-refractivity contribution in [3.05, 3.63) is 29.8 Å². The Bertz CT molecular complexity index is 521. The minimum atomic E-state index is 0. The summed E-state index contributed by atoms with van der Waals surface area (Å²) in [6.07, 6.45) is 4.90. The molecule has 1 heterocycles. The van der Waals surface area contributed by atoms with Crippen molar-refractivity contribution in [3.63, 3.8) is 0 Å². The summed E-state index contributed by atoms with van der Waals surface area (Å²) in [5, 5.41) is 6.82. The van der Waals surface area contributed by atoms with Gasteiger partial charge in [0, 0.05) is 19.1 Å². The summed E-state index contributed by atoms with van der Waals surface area (Å²) in [5.74, 6) is 1.83. The second kappa shape index (κ2) is 13.2. The molecule has 1 fully saturated rings. The standard InChI is InChI=1S/C20H34N4O.HI/c1-4-21-20(23-16-18-8-6-7-15-24(18)5-2)22-14-13-17-9-11-19(25-3)12-10-17;/h9-12,18H,4-8,13-16H2,1-3H3,(H2,21,22,23);1H. The molecule has 1 aliphatic rings. The fourth-order valence-electron chi connectivity index (χ4n) is 3.34. The van der Waals surface area contributed by atoms with Crippen LogP contribution in [0.2, 0.25) is 0 Å². The van der Waals surface area contributed by atoms with E-state index >= 15 is 0 Å². The highest BCUT2D eigenvalue weighted by Gasteiger charge is 2.20. The molecule has 0 bridgehead atoms. The third-order valence-electron chi connectivity index (χ3n) is 4.82. The van der Waals surface area contributed by atoms with Crippen LogP contribution in [0.25, 0.3) is 0 Å². The lowest BCUT2D eigenvalue weighted by Gasteiger charge is -2.33. The minimum Gasteiger partial charge on any atom is -0.497 e. The lowest BCUT2D eigenvalue weighted by molar-refractivity contribution is 0.161. The summed E-state index contributed by atoms with van der Waals surface area (Å²) in [6, 6.07) is 8.85. The topological polar surface area (TPSA) is 48.9 Å². The first kappa shape index (κ1) is 23.0. The summed E-state index contributed by atoms with van der Waals surface area (Å²) in [6.45, 7) is 9.35. The Morgan fingerprint density at radius 2 is 1.96 bits per heavy atom. The minimum absolute atomic E-state index is 0. The van der Waals surface area contributed by atoms with Gasteiger partial charge in [-0.3, -0.25) is 9.89 Å². The Balaban J connectivity index is 0.00000338. The van der Waals surface area contributed by atoms with Crippen molar-refractivity contribution in [2.24, 2.45) is 4.99 Å². The first-order valence-corrected chi connectivity index (χ1v) is 9.66. The van der Waals surface area contributed by atoms with Gasteiger partial charge in [-0.15, -0.1) is 24.0 Å². The van der Waals surface area contributed by atoms with Crippen LogP contribution in [0.15, 0.2) is 29.3 Å². The molecule has 1 unspecified atom stereocenters. The molecule has 1 aliphatic heterocycles. The fraction of sp³-hybridized carbons (Fsp3) is 0.650. The van der Waals surface area contributed by atoms with Crippen LogP contribution in [0.1, 0.15) is 38.7 Å². The molecule has 0 aromatic heterocycles. The average Bonchev–Trinajstić information content (AvgIpc) is 2.66. The number of rotatable bonds is 8. The number of likely N-dealkylation sites (tertiary alicyclic amines) is 1. The molecule has 0 radical (unpaired) electrons. The van der Waals surface area contributed by atoms with E-state index in [-0.39, 0.29) is 24.0 Å². The summed E-state index contributed by atoms with van der Waals surface area (Å²) < 4.78 is 5.20. The fourth-order valence-corrected chi connectivity index (χ4v) is 3.34. The zero-order chi connectivity index (χ0) is 17.9. The highest BCUT2D eigenvalue weighted by atomic mass is 127. The Kier molecular flexibility index (Phi) is 11.7. The Hall–Kier alpha value is -1.02. The van der Waals surface area contributed by atoms with Crippen molar-refractivity contribution in [1.82, 2.24) is 15.5 Å². The molecular formula is C20H35IN4O. The van der Waals surface area contributed by atoms with Gasteiger partial charge in [-0.2, -0.15) is 0 Å². The van der Waals surface area contributed by atoms with E-state index in [1.54, 1.807) is 7.11 Å². The van der Waals surface area contributed by atoms with E-state index in [0.29, 0.717) is 6.04 Å². The predicted molar refractivity (Wildman–Crippen MR) is 121 cm³/mol. The van der Waals surface area contributed by atoms with Gasteiger partial charge in [-0.05, 0) is 57.0 Å². The molecule has 26 heavy (non-hydrogen) atoms. The van der Waals surface area contributed by atoms with E-state index in [1.807, 2.05) is 12.1 Å². The smallest absolute Gasteiger partial charge is 0.191 e. The molecule has 1 aromatic rings. The normalized spacial score (nSPS) is 18.1. The number of piperidine rings is 1. The molecule has 0 spiro atoms. The maximum Gasteiger partial charge on any atom is 0.191 e. The molecule has 2 rings (SSSR count).